The molecule has 1 aliphatic rings. The van der Waals surface area contributed by atoms with E-state index in [1.807, 2.05) is 37.3 Å². The number of carbonyl (C=O) groups is 2. The van der Waals surface area contributed by atoms with Crippen LogP contribution in [0.25, 0.3) is 0 Å². The highest BCUT2D eigenvalue weighted by Gasteiger charge is 2.39. The van der Waals surface area contributed by atoms with E-state index in [0.717, 1.165) is 35.0 Å². The van der Waals surface area contributed by atoms with Gasteiger partial charge in [0.1, 0.15) is 5.25 Å². The molecule has 3 aromatic rings. The van der Waals surface area contributed by atoms with Crippen LogP contribution in [-0.2, 0) is 22.3 Å². The Balaban J connectivity index is 1.55. The number of halogens is 4. The van der Waals surface area contributed by atoms with Crippen LogP contribution in [0.5, 0.6) is 0 Å². The maximum atomic E-state index is 13.3. The molecule has 4 rings (SSSR count). The molecule has 36 heavy (non-hydrogen) atoms. The van der Waals surface area contributed by atoms with Crippen molar-refractivity contribution < 1.29 is 22.8 Å². The maximum absolute atomic E-state index is 13.3. The first kappa shape index (κ1) is 25.8. The average Bonchev–Trinajstić information content (AvgIpc) is 3.10. The number of hydrogen-bond acceptors (Lipinski definition) is 4. The molecule has 1 N–H and O–H groups in total. The van der Waals surface area contributed by atoms with Crippen LogP contribution in [0, 0.1) is 6.92 Å². The van der Waals surface area contributed by atoms with Crippen molar-refractivity contribution in [2.24, 2.45) is 4.99 Å². The van der Waals surface area contributed by atoms with Crippen molar-refractivity contribution in [3.05, 3.63) is 94.5 Å². The number of amides is 2. The minimum Gasteiger partial charge on any atom is -0.326 e. The topological polar surface area (TPSA) is 61.8 Å². The Kier molecular flexibility index (Phi) is 7.70. The van der Waals surface area contributed by atoms with Crippen molar-refractivity contribution in [3.8, 4) is 0 Å². The van der Waals surface area contributed by atoms with Gasteiger partial charge in [-0.05, 0) is 54.4 Å². The molecule has 10 heteroatoms. The third kappa shape index (κ3) is 6.27. The molecule has 1 saturated heterocycles. The fourth-order valence-corrected chi connectivity index (χ4v) is 4.86. The Morgan fingerprint density at radius 1 is 1.08 bits per heavy atom. The number of benzene rings is 3. The van der Waals surface area contributed by atoms with Crippen molar-refractivity contribution in [1.29, 1.82) is 0 Å². The summed E-state index contributed by atoms with van der Waals surface area (Å²) in [6, 6.07) is 18.8. The van der Waals surface area contributed by atoms with Gasteiger partial charge in [-0.1, -0.05) is 59.8 Å². The summed E-state index contributed by atoms with van der Waals surface area (Å²) in [6.45, 7) is 2.07. The number of carbonyl (C=O) groups excluding carboxylic acids is 2. The summed E-state index contributed by atoms with van der Waals surface area (Å²) < 4.78 is 38.7. The monoisotopic (exact) mass is 531 g/mol. The highest BCUT2D eigenvalue weighted by Crippen LogP contribution is 2.35. The molecule has 0 bridgehead atoms. The van der Waals surface area contributed by atoms with Gasteiger partial charge in [0, 0.05) is 17.1 Å². The van der Waals surface area contributed by atoms with Gasteiger partial charge < -0.3 is 5.32 Å². The molecule has 5 nitrogen and oxygen atoms in total. The summed E-state index contributed by atoms with van der Waals surface area (Å²) in [7, 11) is 0. The highest BCUT2D eigenvalue weighted by atomic mass is 35.5. The highest BCUT2D eigenvalue weighted by molar-refractivity contribution is 8.15. The first-order chi connectivity index (χ1) is 17.1. The molecule has 1 aliphatic heterocycles. The molecule has 0 radical (unpaired) electrons. The normalized spacial score (nSPS) is 17.0. The van der Waals surface area contributed by atoms with E-state index in [4.69, 9.17) is 11.6 Å². The van der Waals surface area contributed by atoms with E-state index < -0.39 is 17.0 Å². The molecule has 0 aromatic heterocycles. The lowest BCUT2D eigenvalue weighted by Gasteiger charge is -2.17. The predicted octanol–water partition coefficient (Wildman–Crippen LogP) is 6.83. The second kappa shape index (κ2) is 10.8. The molecular formula is C26H21ClF3N3O2S. The fraction of sp³-hybridized carbons (Fsp3) is 0.192. The van der Waals surface area contributed by atoms with Crippen molar-refractivity contribution >= 4 is 51.7 Å². The predicted molar refractivity (Wildman–Crippen MR) is 136 cm³/mol. The number of anilines is 1. The van der Waals surface area contributed by atoms with Crippen LogP contribution in [0.4, 0.5) is 24.5 Å². The molecule has 186 valence electrons. The van der Waals surface area contributed by atoms with Crippen LogP contribution < -0.4 is 5.32 Å². The number of aryl methyl sites for hydroxylation is 1. The molecule has 3 aromatic carbocycles. The van der Waals surface area contributed by atoms with Crippen molar-refractivity contribution in [1.82, 2.24) is 4.90 Å². The van der Waals surface area contributed by atoms with Crippen molar-refractivity contribution in [2.45, 2.75) is 31.3 Å². The molecular weight excluding hydrogens is 511 g/mol. The van der Waals surface area contributed by atoms with Crippen molar-refractivity contribution in [2.75, 3.05) is 5.32 Å². The van der Waals surface area contributed by atoms with E-state index in [2.05, 4.69) is 10.3 Å². The van der Waals surface area contributed by atoms with Crippen LogP contribution in [0.3, 0.4) is 0 Å². The number of alkyl halides is 3. The SMILES string of the molecule is Cc1ccc(NC(=O)CC2SC(=Nc3ccc(C(F)(F)F)cc3)N(Cc3ccccc3)C2=O)cc1Cl. The van der Waals surface area contributed by atoms with Crippen LogP contribution in [0.1, 0.15) is 23.1 Å². The van der Waals surface area contributed by atoms with Crippen LogP contribution in [0.15, 0.2) is 77.8 Å². The number of hydrogen-bond donors (Lipinski definition) is 1. The summed E-state index contributed by atoms with van der Waals surface area (Å²) >= 11 is 7.24. The summed E-state index contributed by atoms with van der Waals surface area (Å²) in [5, 5.41) is 2.85. The summed E-state index contributed by atoms with van der Waals surface area (Å²) in [4.78, 5) is 31.8. The molecule has 1 atom stereocenters. The number of nitrogens with one attached hydrogen (secondary N) is 1. The number of nitrogens with zero attached hydrogens (tertiary/aromatic N) is 2. The first-order valence-electron chi connectivity index (χ1n) is 10.9. The van der Waals surface area contributed by atoms with Crippen molar-refractivity contribution in [3.63, 3.8) is 0 Å². The Hall–Kier alpha value is -3.30. The Bertz CT molecular complexity index is 1300. The summed E-state index contributed by atoms with van der Waals surface area (Å²) in [5.74, 6) is -0.664. The van der Waals surface area contributed by atoms with E-state index in [1.54, 1.807) is 18.2 Å². The van der Waals surface area contributed by atoms with Gasteiger partial charge in [-0.25, -0.2) is 4.99 Å². The molecule has 1 heterocycles. The third-order valence-electron chi connectivity index (χ3n) is 5.45. The molecule has 0 saturated carbocycles. The fourth-order valence-electron chi connectivity index (χ4n) is 3.52. The molecule has 1 unspecified atom stereocenters. The van der Waals surface area contributed by atoms with Crippen LogP contribution in [-0.4, -0.2) is 27.1 Å². The molecule has 1 fully saturated rings. The maximum Gasteiger partial charge on any atom is 0.416 e. The third-order valence-corrected chi connectivity index (χ3v) is 7.03. The average molecular weight is 532 g/mol. The smallest absolute Gasteiger partial charge is 0.326 e. The van der Waals surface area contributed by atoms with Gasteiger partial charge in [-0.2, -0.15) is 13.2 Å². The lowest BCUT2D eigenvalue weighted by atomic mass is 10.2. The zero-order valence-electron chi connectivity index (χ0n) is 19.1. The standard InChI is InChI=1S/C26H21ClF3N3O2S/c1-16-7-10-20(13-21(16)27)31-23(34)14-22-24(35)33(15-17-5-3-2-4-6-17)25(36-22)32-19-11-8-18(9-12-19)26(28,29)30/h2-13,22H,14-15H2,1H3,(H,31,34). The quantitative estimate of drug-likeness (QED) is 0.379. The molecule has 0 spiro atoms. The van der Waals surface area contributed by atoms with Gasteiger partial charge in [0.25, 0.3) is 0 Å². The second-order valence-corrected chi connectivity index (χ2v) is 9.75. The molecule has 0 aliphatic carbocycles. The Labute approximate surface area is 215 Å². The van der Waals surface area contributed by atoms with Gasteiger partial charge >= 0.3 is 6.18 Å². The van der Waals surface area contributed by atoms with Gasteiger partial charge in [-0.3, -0.25) is 14.5 Å². The van der Waals surface area contributed by atoms with E-state index in [9.17, 15) is 22.8 Å². The largest absolute Gasteiger partial charge is 0.416 e. The van der Waals surface area contributed by atoms with Gasteiger partial charge in [-0.15, -0.1) is 0 Å². The van der Waals surface area contributed by atoms with E-state index >= 15 is 0 Å². The van der Waals surface area contributed by atoms with Crippen LogP contribution in [0.2, 0.25) is 5.02 Å². The number of amidine groups is 1. The first-order valence-corrected chi connectivity index (χ1v) is 12.2. The van der Waals surface area contributed by atoms with Gasteiger partial charge in [0.2, 0.25) is 11.8 Å². The lowest BCUT2D eigenvalue weighted by Crippen LogP contribution is -2.33. The number of rotatable bonds is 6. The van der Waals surface area contributed by atoms with Gasteiger partial charge in [0.15, 0.2) is 5.17 Å². The molecule has 2 amide bonds. The van der Waals surface area contributed by atoms with Crippen LogP contribution >= 0.6 is 23.4 Å². The number of thioether (sulfide) groups is 1. The lowest BCUT2D eigenvalue weighted by molar-refractivity contribution is -0.137. The summed E-state index contributed by atoms with van der Waals surface area (Å²) in [6.07, 6.45) is -4.56. The Morgan fingerprint density at radius 2 is 1.78 bits per heavy atom. The van der Waals surface area contributed by atoms with E-state index in [-0.39, 0.29) is 30.5 Å². The number of aliphatic imine (C=N–C) groups is 1. The summed E-state index contributed by atoms with van der Waals surface area (Å²) in [5.41, 5.74) is 1.73. The zero-order valence-corrected chi connectivity index (χ0v) is 20.6. The second-order valence-electron chi connectivity index (χ2n) is 8.17. The van der Waals surface area contributed by atoms with E-state index in [0.29, 0.717) is 15.9 Å². The Morgan fingerprint density at radius 3 is 2.42 bits per heavy atom. The zero-order chi connectivity index (χ0) is 25.9. The van der Waals surface area contributed by atoms with E-state index in [1.165, 1.54) is 17.0 Å². The minimum atomic E-state index is -4.46. The van der Waals surface area contributed by atoms with Gasteiger partial charge in [0.05, 0.1) is 17.8 Å². The minimum absolute atomic E-state index is 0.105.